The van der Waals surface area contributed by atoms with Crippen LogP contribution in [0.5, 0.6) is 0 Å². The van der Waals surface area contributed by atoms with Gasteiger partial charge in [0.2, 0.25) is 0 Å². The Labute approximate surface area is 114 Å². The van der Waals surface area contributed by atoms with Gasteiger partial charge in [-0.15, -0.1) is 11.3 Å². The Morgan fingerprint density at radius 2 is 2.11 bits per heavy atom. The molecule has 1 fully saturated rings. The summed E-state index contributed by atoms with van der Waals surface area (Å²) in [6, 6.07) is 3.27. The Morgan fingerprint density at radius 3 is 2.67 bits per heavy atom. The van der Waals surface area contributed by atoms with Gasteiger partial charge >= 0.3 is 5.97 Å². The average Bonchev–Trinajstić information content (AvgIpc) is 2.97. The van der Waals surface area contributed by atoms with E-state index in [1.54, 1.807) is 6.07 Å². The van der Waals surface area contributed by atoms with Crippen LogP contribution in [0.1, 0.15) is 38.6 Å². The van der Waals surface area contributed by atoms with E-state index in [1.807, 2.05) is 11.8 Å². The molecule has 4 nitrogen and oxygen atoms in total. The zero-order valence-electron chi connectivity index (χ0n) is 10.0. The van der Waals surface area contributed by atoms with Crippen LogP contribution in [0.2, 0.25) is 0 Å². The SMILES string of the molecule is CSC1CCC(NC(=O)c2ccc(C(=O)O)s2)C1. The molecule has 0 spiro atoms. The first-order valence-corrected chi connectivity index (χ1v) is 7.87. The molecule has 1 amide bonds. The molecular formula is C12H15NO3S2. The van der Waals surface area contributed by atoms with Gasteiger partial charge in [-0.25, -0.2) is 4.79 Å². The summed E-state index contributed by atoms with van der Waals surface area (Å²) in [5.74, 6) is -1.14. The van der Waals surface area contributed by atoms with Gasteiger partial charge in [0.15, 0.2) is 0 Å². The zero-order chi connectivity index (χ0) is 13.1. The number of thioether (sulfide) groups is 1. The van der Waals surface area contributed by atoms with Crippen LogP contribution in [0, 0.1) is 0 Å². The maximum absolute atomic E-state index is 11.9. The lowest BCUT2D eigenvalue weighted by Crippen LogP contribution is -2.32. The predicted molar refractivity (Wildman–Crippen MR) is 73.7 cm³/mol. The highest BCUT2D eigenvalue weighted by Crippen LogP contribution is 2.28. The smallest absolute Gasteiger partial charge is 0.345 e. The van der Waals surface area contributed by atoms with Gasteiger partial charge in [-0.1, -0.05) is 0 Å². The molecular weight excluding hydrogens is 270 g/mol. The summed E-state index contributed by atoms with van der Waals surface area (Å²) in [7, 11) is 0. The number of carbonyl (C=O) groups excluding carboxylic acids is 1. The monoisotopic (exact) mass is 285 g/mol. The molecule has 0 aliphatic heterocycles. The molecule has 1 heterocycles. The summed E-state index contributed by atoms with van der Waals surface area (Å²) >= 11 is 2.86. The van der Waals surface area contributed by atoms with Crippen molar-refractivity contribution in [2.24, 2.45) is 0 Å². The van der Waals surface area contributed by atoms with Crippen LogP contribution in [-0.2, 0) is 0 Å². The van der Waals surface area contributed by atoms with Crippen LogP contribution >= 0.6 is 23.1 Å². The van der Waals surface area contributed by atoms with Crippen molar-refractivity contribution in [3.05, 3.63) is 21.9 Å². The van der Waals surface area contributed by atoms with E-state index >= 15 is 0 Å². The Hall–Kier alpha value is -1.01. The third kappa shape index (κ3) is 3.05. The maximum Gasteiger partial charge on any atom is 0.345 e. The van der Waals surface area contributed by atoms with E-state index in [0.29, 0.717) is 10.1 Å². The first-order valence-electron chi connectivity index (χ1n) is 5.77. The molecule has 0 radical (unpaired) electrons. The molecule has 1 aromatic heterocycles. The van der Waals surface area contributed by atoms with E-state index in [4.69, 9.17) is 5.11 Å². The molecule has 0 saturated heterocycles. The number of hydrogen-bond donors (Lipinski definition) is 2. The van der Waals surface area contributed by atoms with Crippen LogP contribution < -0.4 is 5.32 Å². The molecule has 0 bridgehead atoms. The van der Waals surface area contributed by atoms with Crippen molar-refractivity contribution in [2.75, 3.05) is 6.26 Å². The Kier molecular flexibility index (Phi) is 4.29. The highest BCUT2D eigenvalue weighted by Gasteiger charge is 2.26. The summed E-state index contributed by atoms with van der Waals surface area (Å²) < 4.78 is 0. The molecule has 2 N–H and O–H groups in total. The number of carboxylic acids is 1. The number of rotatable bonds is 4. The van der Waals surface area contributed by atoms with Crippen molar-refractivity contribution in [2.45, 2.75) is 30.6 Å². The van der Waals surface area contributed by atoms with E-state index in [0.717, 1.165) is 30.6 Å². The van der Waals surface area contributed by atoms with Crippen molar-refractivity contribution >= 4 is 35.0 Å². The molecule has 18 heavy (non-hydrogen) atoms. The second-order valence-corrected chi connectivity index (χ2v) is 6.53. The van der Waals surface area contributed by atoms with Crippen molar-refractivity contribution in [1.82, 2.24) is 5.32 Å². The van der Waals surface area contributed by atoms with Gasteiger partial charge in [0.25, 0.3) is 5.91 Å². The average molecular weight is 285 g/mol. The Balaban J connectivity index is 1.93. The predicted octanol–water partition coefficient (Wildman–Crippen LogP) is 2.46. The number of nitrogens with one attached hydrogen (secondary N) is 1. The van der Waals surface area contributed by atoms with Crippen LogP contribution in [0.4, 0.5) is 0 Å². The van der Waals surface area contributed by atoms with Gasteiger partial charge in [0.05, 0.1) is 4.88 Å². The van der Waals surface area contributed by atoms with Crippen LogP contribution in [0.15, 0.2) is 12.1 Å². The molecule has 1 saturated carbocycles. The summed E-state index contributed by atoms with van der Waals surface area (Å²) in [4.78, 5) is 23.3. The molecule has 2 atom stereocenters. The van der Waals surface area contributed by atoms with Crippen LogP contribution in [0.25, 0.3) is 0 Å². The fourth-order valence-corrected chi connectivity index (χ4v) is 3.66. The van der Waals surface area contributed by atoms with Crippen LogP contribution in [0.3, 0.4) is 0 Å². The van der Waals surface area contributed by atoms with Gasteiger partial charge in [0.1, 0.15) is 4.88 Å². The minimum absolute atomic E-state index is 0.153. The minimum atomic E-state index is -0.984. The molecule has 1 aliphatic rings. The topological polar surface area (TPSA) is 66.4 Å². The fourth-order valence-electron chi connectivity index (χ4n) is 2.12. The lowest BCUT2D eigenvalue weighted by molar-refractivity contribution is 0.0702. The minimum Gasteiger partial charge on any atom is -0.477 e. The highest BCUT2D eigenvalue weighted by molar-refractivity contribution is 7.99. The van der Waals surface area contributed by atoms with Crippen LogP contribution in [-0.4, -0.2) is 34.5 Å². The van der Waals surface area contributed by atoms with E-state index < -0.39 is 5.97 Å². The number of aromatic carboxylic acids is 1. The van der Waals surface area contributed by atoms with Gasteiger partial charge in [0, 0.05) is 11.3 Å². The molecule has 98 valence electrons. The summed E-state index contributed by atoms with van der Waals surface area (Å²) in [6.07, 6.45) is 5.24. The lowest BCUT2D eigenvalue weighted by Gasteiger charge is -2.11. The molecule has 1 aromatic rings. The highest BCUT2D eigenvalue weighted by atomic mass is 32.2. The third-order valence-electron chi connectivity index (χ3n) is 3.09. The van der Waals surface area contributed by atoms with Gasteiger partial charge < -0.3 is 10.4 Å². The standard InChI is InChI=1S/C12H15NO3S2/c1-17-8-3-2-7(6-8)13-11(14)9-4-5-10(18-9)12(15)16/h4-5,7-8H,2-3,6H2,1H3,(H,13,14)(H,15,16). The largest absolute Gasteiger partial charge is 0.477 e. The first kappa shape index (κ1) is 13.4. The molecule has 1 aliphatic carbocycles. The maximum atomic E-state index is 11.9. The van der Waals surface area contributed by atoms with Gasteiger partial charge in [-0.05, 0) is 37.7 Å². The van der Waals surface area contributed by atoms with Gasteiger partial charge in [-0.3, -0.25) is 4.79 Å². The summed E-state index contributed by atoms with van der Waals surface area (Å²) in [5.41, 5.74) is 0. The van der Waals surface area contributed by atoms with E-state index in [9.17, 15) is 9.59 Å². The second kappa shape index (κ2) is 5.75. The fraction of sp³-hybridized carbons (Fsp3) is 0.500. The van der Waals surface area contributed by atoms with E-state index in [2.05, 4.69) is 11.6 Å². The molecule has 6 heteroatoms. The first-order chi connectivity index (χ1) is 8.60. The van der Waals surface area contributed by atoms with Crippen molar-refractivity contribution in [3.8, 4) is 0 Å². The molecule has 2 unspecified atom stereocenters. The van der Waals surface area contributed by atoms with Crippen molar-refractivity contribution < 1.29 is 14.7 Å². The van der Waals surface area contributed by atoms with E-state index in [-0.39, 0.29) is 16.8 Å². The van der Waals surface area contributed by atoms with Gasteiger partial charge in [-0.2, -0.15) is 11.8 Å². The van der Waals surface area contributed by atoms with E-state index in [1.165, 1.54) is 6.07 Å². The number of carboxylic acid groups (broad SMARTS) is 1. The number of thiophene rings is 1. The van der Waals surface area contributed by atoms with Crippen molar-refractivity contribution in [3.63, 3.8) is 0 Å². The Bertz CT molecular complexity index is 458. The second-order valence-electron chi connectivity index (χ2n) is 4.31. The number of hydrogen-bond acceptors (Lipinski definition) is 4. The lowest BCUT2D eigenvalue weighted by atomic mass is 10.2. The number of carbonyl (C=O) groups is 2. The molecule has 2 rings (SSSR count). The summed E-state index contributed by atoms with van der Waals surface area (Å²) in [6.45, 7) is 0. The third-order valence-corrected chi connectivity index (χ3v) is 5.26. The number of amides is 1. The molecule has 0 aromatic carbocycles. The normalized spacial score (nSPS) is 22.9. The zero-order valence-corrected chi connectivity index (χ0v) is 11.6. The summed E-state index contributed by atoms with van der Waals surface area (Å²) in [5, 5.41) is 12.4. The Morgan fingerprint density at radius 1 is 1.39 bits per heavy atom. The van der Waals surface area contributed by atoms with Crippen molar-refractivity contribution in [1.29, 1.82) is 0 Å². The quantitative estimate of drug-likeness (QED) is 0.892.